The Morgan fingerprint density at radius 3 is 2.13 bits per heavy atom. The molecule has 4 atom stereocenters. The van der Waals surface area contributed by atoms with Crippen molar-refractivity contribution in [3.05, 3.63) is 87.0 Å². The molecule has 1 heterocycles. The average Bonchev–Trinajstić information content (AvgIpc) is 3.00. The van der Waals surface area contributed by atoms with Crippen LogP contribution in [0.2, 0.25) is 18.6 Å². The van der Waals surface area contributed by atoms with Gasteiger partial charge in [0.2, 0.25) is 0 Å². The Balaban J connectivity index is 0.00000225. The summed E-state index contributed by atoms with van der Waals surface area (Å²) in [5.41, 5.74) is 3.90. The Labute approximate surface area is 209 Å². The van der Waals surface area contributed by atoms with Gasteiger partial charge in [-0.1, -0.05) is 96.2 Å². The smallest absolute Gasteiger partial charge is 0.660 e. The molecule has 0 N–H and O–H groups in total. The molecule has 2 aliphatic carbocycles. The number of benzene rings is 1. The fraction of sp³-hybridized carbons (Fsp3) is 0.519. The van der Waals surface area contributed by atoms with E-state index in [9.17, 15) is 0 Å². The van der Waals surface area contributed by atoms with E-state index in [-0.39, 0.29) is 49.5 Å². The minimum absolute atomic E-state index is 0. The molecule has 0 amide bonds. The zero-order valence-electron chi connectivity index (χ0n) is 21.2. The number of fused-ring (bicyclic) bond motifs is 2. The fourth-order valence-corrected chi connectivity index (χ4v) is 9.89. The summed E-state index contributed by atoms with van der Waals surface area (Å²) in [4.78, 5) is 8.17. The summed E-state index contributed by atoms with van der Waals surface area (Å²) in [6.45, 7) is 14.1. The van der Waals surface area contributed by atoms with E-state index in [0.29, 0.717) is 17.9 Å². The van der Waals surface area contributed by atoms with Gasteiger partial charge in [0.1, 0.15) is 0 Å². The fourth-order valence-electron chi connectivity index (χ4n) is 5.90. The van der Waals surface area contributed by atoms with Crippen molar-refractivity contribution in [2.24, 2.45) is 11.8 Å². The van der Waals surface area contributed by atoms with Gasteiger partial charge in [-0.25, -0.2) is 0 Å². The molecule has 0 bridgehead atoms. The molecule has 4 heteroatoms. The summed E-state index contributed by atoms with van der Waals surface area (Å²) in [5, 5.41) is 0. The number of rotatable bonds is 3. The van der Waals surface area contributed by atoms with E-state index < -0.39 is 8.24 Å². The Hall–Kier alpha value is -0.449. The largest absolute Gasteiger partial charge is 4.00 e. The monoisotopic (exact) mass is 472 g/mol. The zero-order valence-corrected chi connectivity index (χ0v) is 23.7. The molecule has 0 radical (unpaired) electrons. The van der Waals surface area contributed by atoms with Gasteiger partial charge in [0.25, 0.3) is 0 Å². The molecular weight excluding hydrogens is 428 g/mol. The van der Waals surface area contributed by atoms with E-state index in [1.807, 2.05) is 0 Å². The summed E-state index contributed by atoms with van der Waals surface area (Å²) in [6, 6.07) is 9.69. The van der Waals surface area contributed by atoms with Crippen LogP contribution in [0, 0.1) is 34.1 Å². The van der Waals surface area contributed by atoms with Gasteiger partial charge in [0, 0.05) is 19.1 Å². The summed E-state index contributed by atoms with van der Waals surface area (Å²) >= 11 is 0. The van der Waals surface area contributed by atoms with Gasteiger partial charge in [-0.15, -0.1) is 5.54 Å². The molecule has 3 aliphatic rings. The van der Waals surface area contributed by atoms with Crippen LogP contribution in [0.5, 0.6) is 0 Å². The molecule has 4 rings (SSSR count). The molecular formula is C27H44N2SiTi. The molecule has 0 aromatic heterocycles. The van der Waals surface area contributed by atoms with Crippen LogP contribution < -0.4 is 0 Å². The first kappa shape index (κ1) is 30.6. The minimum atomic E-state index is -1.68. The molecule has 170 valence electrons. The third kappa shape index (κ3) is 6.54. The Bertz CT molecular complexity index is 750. The van der Waals surface area contributed by atoms with Crippen LogP contribution in [0.15, 0.2) is 48.6 Å². The van der Waals surface area contributed by atoms with Crippen molar-refractivity contribution >= 4 is 8.24 Å². The normalized spacial score (nSPS) is 27.0. The first-order chi connectivity index (χ1) is 12.7. The maximum atomic E-state index is 5.39. The van der Waals surface area contributed by atoms with Crippen molar-refractivity contribution in [3.63, 3.8) is 0 Å². The van der Waals surface area contributed by atoms with Crippen LogP contribution in [0.4, 0.5) is 0 Å². The van der Waals surface area contributed by atoms with E-state index in [0.717, 1.165) is 12.1 Å². The first-order valence-corrected chi connectivity index (χ1v) is 13.7. The van der Waals surface area contributed by atoms with Crippen LogP contribution in [0.3, 0.4) is 0 Å². The van der Waals surface area contributed by atoms with Gasteiger partial charge in [-0.3, -0.25) is 4.90 Å². The second kappa shape index (κ2) is 11.6. The van der Waals surface area contributed by atoms with Gasteiger partial charge < -0.3 is 27.3 Å². The van der Waals surface area contributed by atoms with E-state index in [1.165, 1.54) is 24.9 Å². The second-order valence-electron chi connectivity index (χ2n) is 10.3. The molecule has 1 fully saturated rings. The second-order valence-corrected chi connectivity index (χ2v) is 14.5. The molecule has 31 heavy (non-hydrogen) atoms. The molecule has 1 aliphatic heterocycles. The van der Waals surface area contributed by atoms with Crippen LogP contribution in [0.25, 0.3) is 4.98 Å². The molecule has 0 saturated heterocycles. The summed E-state index contributed by atoms with van der Waals surface area (Å²) in [6.07, 6.45) is 12.1. The van der Waals surface area contributed by atoms with Crippen molar-refractivity contribution in [2.75, 3.05) is 6.54 Å². The van der Waals surface area contributed by atoms with Gasteiger partial charge in [-0.05, 0) is 35.8 Å². The van der Waals surface area contributed by atoms with Crippen molar-refractivity contribution < 1.29 is 21.7 Å². The van der Waals surface area contributed by atoms with E-state index in [1.54, 1.807) is 5.56 Å². The number of nitrogens with zero attached hydrogens (tertiary/aromatic N) is 2. The minimum Gasteiger partial charge on any atom is -0.660 e. The standard InChI is InChI=1S/C24H35N2Si.3CH3.Ti/c1-24(2,3)25-27(4,5)23-16-22(20-12-8-9-13-21(20)23)26-15-14-18-10-6-7-11-19(18)17-26;;;;/h6-13,20-23H,14-17H2,1-5H3;3*1H3;/q4*-1;+4. The third-order valence-corrected chi connectivity index (χ3v) is 10.5. The van der Waals surface area contributed by atoms with E-state index in [4.69, 9.17) is 4.98 Å². The van der Waals surface area contributed by atoms with Crippen molar-refractivity contribution in [1.82, 2.24) is 4.90 Å². The number of allylic oxidation sites excluding steroid dienone is 3. The molecule has 1 saturated carbocycles. The molecule has 1 aromatic rings. The molecule has 1 aromatic carbocycles. The maximum absolute atomic E-state index is 5.39. The van der Waals surface area contributed by atoms with Crippen LogP contribution in [-0.4, -0.2) is 31.3 Å². The Morgan fingerprint density at radius 1 is 0.935 bits per heavy atom. The van der Waals surface area contributed by atoms with Crippen molar-refractivity contribution in [3.8, 4) is 0 Å². The van der Waals surface area contributed by atoms with Gasteiger partial charge in [0.15, 0.2) is 0 Å². The summed E-state index contributed by atoms with van der Waals surface area (Å²) in [7, 11) is -1.68. The summed E-state index contributed by atoms with van der Waals surface area (Å²) in [5.74, 6) is 1.33. The van der Waals surface area contributed by atoms with Crippen LogP contribution in [-0.2, 0) is 34.7 Å². The zero-order chi connectivity index (χ0) is 19.2. The van der Waals surface area contributed by atoms with Crippen LogP contribution in [0.1, 0.15) is 38.3 Å². The predicted molar refractivity (Wildman–Crippen MR) is 138 cm³/mol. The SMILES string of the molecule is CC(C)(C)[N-][Si](C)(C)C1CC(N2CCc3ccccc3C2)C2C=CC=CC21.[CH3-].[CH3-].[CH3-].[Ti+4]. The molecule has 0 spiro atoms. The number of hydrogen-bond acceptors (Lipinski definition) is 1. The quantitative estimate of drug-likeness (QED) is 0.334. The Morgan fingerprint density at radius 2 is 1.52 bits per heavy atom. The van der Waals surface area contributed by atoms with Gasteiger partial charge in [0.05, 0.1) is 0 Å². The van der Waals surface area contributed by atoms with E-state index >= 15 is 0 Å². The summed E-state index contributed by atoms with van der Waals surface area (Å²) < 4.78 is 0. The first-order valence-electron chi connectivity index (χ1n) is 10.6. The maximum Gasteiger partial charge on any atom is 4.00 e. The van der Waals surface area contributed by atoms with E-state index in [2.05, 4.69) is 87.3 Å². The number of hydrogen-bond donors (Lipinski definition) is 0. The van der Waals surface area contributed by atoms with Crippen molar-refractivity contribution in [2.45, 2.75) is 70.4 Å². The molecule has 2 nitrogen and oxygen atoms in total. The third-order valence-electron chi connectivity index (χ3n) is 6.79. The topological polar surface area (TPSA) is 17.3 Å². The van der Waals surface area contributed by atoms with Crippen LogP contribution >= 0.6 is 0 Å². The average molecular weight is 473 g/mol. The molecule has 4 unspecified atom stereocenters. The predicted octanol–water partition coefficient (Wildman–Crippen LogP) is 7.27. The van der Waals surface area contributed by atoms with Gasteiger partial charge in [-0.2, -0.15) is 0 Å². The Kier molecular flexibility index (Phi) is 11.4. The van der Waals surface area contributed by atoms with Crippen molar-refractivity contribution in [1.29, 1.82) is 0 Å². The van der Waals surface area contributed by atoms with Gasteiger partial charge >= 0.3 is 21.7 Å².